The lowest BCUT2D eigenvalue weighted by Crippen LogP contribution is -2.15. The highest BCUT2D eigenvalue weighted by Gasteiger charge is 2.22. The van der Waals surface area contributed by atoms with E-state index in [0.717, 1.165) is 51.7 Å². The summed E-state index contributed by atoms with van der Waals surface area (Å²) in [7, 11) is 2.06. The summed E-state index contributed by atoms with van der Waals surface area (Å²) >= 11 is 0. The van der Waals surface area contributed by atoms with Gasteiger partial charge in [0, 0.05) is 30.5 Å². The minimum absolute atomic E-state index is 0.233. The van der Waals surface area contributed by atoms with Gasteiger partial charge >= 0.3 is 0 Å². The van der Waals surface area contributed by atoms with Gasteiger partial charge in [0.05, 0.1) is 5.69 Å². The fraction of sp³-hybridized carbons (Fsp3) is 0.154. The quantitative estimate of drug-likeness (QED) is 0.524. The first-order valence-corrected chi connectivity index (χ1v) is 10.1. The van der Waals surface area contributed by atoms with Crippen LogP contribution in [0.15, 0.2) is 79.4 Å². The molecule has 0 radical (unpaired) electrons. The Kier molecular flexibility index (Phi) is 5.57. The van der Waals surface area contributed by atoms with Crippen LogP contribution in [0.3, 0.4) is 0 Å². The third-order valence-electron chi connectivity index (χ3n) is 5.23. The van der Waals surface area contributed by atoms with E-state index in [0.29, 0.717) is 6.54 Å². The number of rotatable bonds is 5. The average Bonchev–Trinajstić information content (AvgIpc) is 2.88. The summed E-state index contributed by atoms with van der Waals surface area (Å²) < 4.78 is 19.4. The molecule has 3 nitrogen and oxygen atoms in total. The molecule has 1 aliphatic heterocycles. The van der Waals surface area contributed by atoms with E-state index in [2.05, 4.69) is 49.0 Å². The molecule has 0 spiro atoms. The normalized spacial score (nSPS) is 13.8. The molecule has 0 unspecified atom stereocenters. The third kappa shape index (κ3) is 3.94. The number of nitrogens with zero attached hydrogens (tertiary/aromatic N) is 1. The second-order valence-electron chi connectivity index (χ2n) is 7.30. The van der Waals surface area contributed by atoms with Crippen molar-refractivity contribution < 1.29 is 9.13 Å². The molecule has 0 amide bonds. The fourth-order valence-corrected chi connectivity index (χ4v) is 3.60. The summed E-state index contributed by atoms with van der Waals surface area (Å²) in [5, 5.41) is 3.33. The summed E-state index contributed by atoms with van der Waals surface area (Å²) in [6.45, 7) is 6.90. The van der Waals surface area contributed by atoms with Gasteiger partial charge in [0.1, 0.15) is 11.6 Å². The molecule has 0 aromatic heterocycles. The van der Waals surface area contributed by atoms with Gasteiger partial charge in [-0.05, 0) is 60.0 Å². The molecule has 1 N–H and O–H groups in total. The summed E-state index contributed by atoms with van der Waals surface area (Å²) in [5.41, 5.74) is 5.96. The van der Waals surface area contributed by atoms with Crippen molar-refractivity contribution in [3.63, 3.8) is 0 Å². The summed E-state index contributed by atoms with van der Waals surface area (Å²) in [4.78, 5) is 2.17. The standard InChI is InChI=1S/C26H25FN2O/c1-4-7-23-22-8-5-6-9-25(22)30-26-15-12-20(16-24(26)29(23)3)18(2)28-17-19-10-13-21(27)14-11-19/h5-16,28H,2,4,17H2,1,3H3/b23-7-. The van der Waals surface area contributed by atoms with Gasteiger partial charge in [-0.3, -0.25) is 0 Å². The summed E-state index contributed by atoms with van der Waals surface area (Å²) in [6, 6.07) is 20.7. The maximum atomic E-state index is 13.1. The van der Waals surface area contributed by atoms with Crippen LogP contribution in [0.25, 0.3) is 11.4 Å². The monoisotopic (exact) mass is 400 g/mol. The zero-order valence-electron chi connectivity index (χ0n) is 17.3. The number of allylic oxidation sites excluding steroid dienone is 1. The van der Waals surface area contributed by atoms with Crippen LogP contribution in [-0.2, 0) is 6.54 Å². The number of halogens is 1. The van der Waals surface area contributed by atoms with Crippen LogP contribution < -0.4 is 15.0 Å². The Morgan fingerprint density at radius 3 is 2.60 bits per heavy atom. The predicted molar refractivity (Wildman–Crippen MR) is 122 cm³/mol. The molecule has 3 aromatic rings. The highest BCUT2D eigenvalue weighted by Crippen LogP contribution is 2.43. The van der Waals surface area contributed by atoms with E-state index in [-0.39, 0.29) is 5.82 Å². The van der Waals surface area contributed by atoms with Gasteiger partial charge in [-0.25, -0.2) is 4.39 Å². The van der Waals surface area contributed by atoms with E-state index >= 15 is 0 Å². The first-order valence-electron chi connectivity index (χ1n) is 10.1. The van der Waals surface area contributed by atoms with Crippen molar-refractivity contribution in [2.24, 2.45) is 0 Å². The van der Waals surface area contributed by atoms with Crippen molar-refractivity contribution in [1.29, 1.82) is 0 Å². The van der Waals surface area contributed by atoms with E-state index in [1.54, 1.807) is 12.1 Å². The Morgan fingerprint density at radius 1 is 1.07 bits per heavy atom. The molecule has 152 valence electrons. The first kappa shape index (κ1) is 19.8. The number of anilines is 1. The number of benzene rings is 3. The van der Waals surface area contributed by atoms with E-state index in [1.165, 1.54) is 12.1 Å². The second kappa shape index (κ2) is 8.46. The van der Waals surface area contributed by atoms with Crippen molar-refractivity contribution in [2.75, 3.05) is 11.9 Å². The lowest BCUT2D eigenvalue weighted by atomic mass is 10.1. The molecule has 4 rings (SSSR count). The van der Waals surface area contributed by atoms with Crippen LogP contribution in [-0.4, -0.2) is 7.05 Å². The van der Waals surface area contributed by atoms with Crippen molar-refractivity contribution in [3.8, 4) is 11.5 Å². The molecule has 0 atom stereocenters. The van der Waals surface area contributed by atoms with Crippen molar-refractivity contribution in [2.45, 2.75) is 19.9 Å². The third-order valence-corrected chi connectivity index (χ3v) is 5.23. The molecule has 1 heterocycles. The molecule has 1 aliphatic rings. The number of fused-ring (bicyclic) bond motifs is 2. The SMILES string of the molecule is C=C(NCc1ccc(F)cc1)c1ccc2c(c1)N(C)/C(=C\CC)c1ccccc1O2. The lowest BCUT2D eigenvalue weighted by molar-refractivity contribution is 0.485. The maximum absolute atomic E-state index is 13.1. The van der Waals surface area contributed by atoms with Gasteiger partial charge in [0.2, 0.25) is 0 Å². The first-order chi connectivity index (χ1) is 14.6. The van der Waals surface area contributed by atoms with Crippen LogP contribution in [0.5, 0.6) is 11.5 Å². The number of para-hydroxylation sites is 1. The largest absolute Gasteiger partial charge is 0.454 e. The van der Waals surface area contributed by atoms with Gasteiger partial charge in [0.15, 0.2) is 5.75 Å². The molecule has 0 bridgehead atoms. The maximum Gasteiger partial charge on any atom is 0.151 e. The van der Waals surface area contributed by atoms with Crippen molar-refractivity contribution in [1.82, 2.24) is 5.32 Å². The number of ether oxygens (including phenoxy) is 1. The second-order valence-corrected chi connectivity index (χ2v) is 7.30. The Bertz CT molecular complexity index is 1100. The van der Waals surface area contributed by atoms with Gasteiger partial charge in [-0.2, -0.15) is 0 Å². The topological polar surface area (TPSA) is 24.5 Å². The lowest BCUT2D eigenvalue weighted by Gasteiger charge is -2.23. The number of hydrogen-bond donors (Lipinski definition) is 1. The van der Waals surface area contributed by atoms with Gasteiger partial charge in [-0.15, -0.1) is 0 Å². The van der Waals surface area contributed by atoms with E-state index in [9.17, 15) is 4.39 Å². The average molecular weight is 400 g/mol. The summed E-state index contributed by atoms with van der Waals surface area (Å²) in [6.07, 6.45) is 3.14. The van der Waals surface area contributed by atoms with E-state index in [1.807, 2.05) is 30.3 Å². The van der Waals surface area contributed by atoms with Gasteiger partial charge in [0.25, 0.3) is 0 Å². The van der Waals surface area contributed by atoms with Crippen molar-refractivity contribution in [3.05, 3.63) is 102 Å². The minimum Gasteiger partial charge on any atom is -0.454 e. The molecular weight excluding hydrogens is 375 g/mol. The van der Waals surface area contributed by atoms with E-state index in [4.69, 9.17) is 4.74 Å². The Balaban J connectivity index is 1.62. The zero-order valence-corrected chi connectivity index (χ0v) is 17.3. The van der Waals surface area contributed by atoms with Crippen LogP contribution >= 0.6 is 0 Å². The Hall–Kier alpha value is -3.53. The predicted octanol–water partition coefficient (Wildman–Crippen LogP) is 6.58. The molecule has 3 aromatic carbocycles. The van der Waals surface area contributed by atoms with Gasteiger partial charge < -0.3 is 15.0 Å². The van der Waals surface area contributed by atoms with Crippen molar-refractivity contribution >= 4 is 17.1 Å². The highest BCUT2D eigenvalue weighted by atomic mass is 19.1. The Labute approximate surface area is 177 Å². The molecule has 0 aliphatic carbocycles. The molecule has 0 saturated heterocycles. The summed E-state index contributed by atoms with van der Waals surface area (Å²) in [5.74, 6) is 1.42. The number of nitrogens with one attached hydrogen (secondary N) is 1. The van der Waals surface area contributed by atoms with Crippen LogP contribution in [0.2, 0.25) is 0 Å². The van der Waals surface area contributed by atoms with Gasteiger partial charge in [-0.1, -0.05) is 43.8 Å². The molecular formula is C26H25FN2O. The minimum atomic E-state index is -0.233. The molecule has 0 saturated carbocycles. The molecule has 4 heteroatoms. The highest BCUT2D eigenvalue weighted by molar-refractivity contribution is 5.87. The molecule has 0 fully saturated rings. The smallest absolute Gasteiger partial charge is 0.151 e. The van der Waals surface area contributed by atoms with Crippen LogP contribution in [0.4, 0.5) is 10.1 Å². The molecule has 30 heavy (non-hydrogen) atoms. The van der Waals surface area contributed by atoms with E-state index < -0.39 is 0 Å². The Morgan fingerprint density at radius 2 is 1.83 bits per heavy atom. The van der Waals surface area contributed by atoms with Crippen LogP contribution in [0.1, 0.15) is 30.0 Å². The van der Waals surface area contributed by atoms with Crippen LogP contribution in [0, 0.1) is 5.82 Å². The number of hydrogen-bond acceptors (Lipinski definition) is 3. The fourth-order valence-electron chi connectivity index (χ4n) is 3.60. The zero-order chi connectivity index (χ0) is 21.1.